The molecule has 1 fully saturated rings. The topological polar surface area (TPSA) is 37.4 Å². The normalized spacial score (nSPS) is 23.7. The minimum absolute atomic E-state index is 0.0198. The third-order valence-electron chi connectivity index (χ3n) is 4.85. The Morgan fingerprint density at radius 1 is 1.21 bits per heavy atom. The average Bonchev–Trinajstić information content (AvgIpc) is 2.86. The number of benzene rings is 1. The fourth-order valence-corrected chi connectivity index (χ4v) is 3.89. The lowest BCUT2D eigenvalue weighted by molar-refractivity contribution is -0.140. The molecule has 2 heterocycles. The van der Waals surface area contributed by atoms with Gasteiger partial charge in [0.15, 0.2) is 0 Å². The summed E-state index contributed by atoms with van der Waals surface area (Å²) in [6.45, 7) is 4.10. The Kier molecular flexibility index (Phi) is 2.73. The van der Waals surface area contributed by atoms with Crippen molar-refractivity contribution < 1.29 is 9.59 Å². The molecule has 3 heteroatoms. The van der Waals surface area contributed by atoms with Gasteiger partial charge in [0.25, 0.3) is 0 Å². The van der Waals surface area contributed by atoms with Crippen LogP contribution in [0.15, 0.2) is 24.3 Å². The fourth-order valence-electron chi connectivity index (χ4n) is 3.89. The Hall–Kier alpha value is -1.64. The Morgan fingerprint density at radius 3 is 2.58 bits per heavy atom. The maximum atomic E-state index is 12.3. The molecule has 100 valence electrons. The van der Waals surface area contributed by atoms with Crippen LogP contribution in [0.2, 0.25) is 0 Å². The van der Waals surface area contributed by atoms with E-state index in [1.54, 1.807) is 13.8 Å². The molecule has 2 aliphatic heterocycles. The molecule has 1 aromatic rings. The number of carbonyl (C=O) groups excluding carboxylic acids is 2. The van der Waals surface area contributed by atoms with Crippen LogP contribution in [0.1, 0.15) is 32.3 Å². The maximum Gasteiger partial charge on any atom is 0.145 e. The molecule has 1 aromatic carbocycles. The van der Waals surface area contributed by atoms with Crippen molar-refractivity contribution in [3.05, 3.63) is 29.8 Å². The van der Waals surface area contributed by atoms with Gasteiger partial charge in [-0.25, -0.2) is 0 Å². The van der Waals surface area contributed by atoms with Gasteiger partial charge >= 0.3 is 0 Å². The van der Waals surface area contributed by atoms with Gasteiger partial charge < -0.3 is 4.90 Å². The number of para-hydroxylation sites is 1. The van der Waals surface area contributed by atoms with E-state index in [0.717, 1.165) is 24.9 Å². The highest BCUT2D eigenvalue weighted by molar-refractivity contribution is 6.07. The molecule has 3 nitrogen and oxygen atoms in total. The molecule has 0 aliphatic carbocycles. The molecular weight excluding hydrogens is 238 g/mol. The number of anilines is 1. The van der Waals surface area contributed by atoms with Gasteiger partial charge in [-0.2, -0.15) is 0 Å². The summed E-state index contributed by atoms with van der Waals surface area (Å²) in [5.41, 5.74) is 1.51. The minimum Gasteiger partial charge on any atom is -0.367 e. The van der Waals surface area contributed by atoms with Gasteiger partial charge in [0.2, 0.25) is 0 Å². The Bertz CT molecular complexity index is 535. The van der Waals surface area contributed by atoms with Crippen molar-refractivity contribution in [2.24, 2.45) is 5.41 Å². The van der Waals surface area contributed by atoms with Gasteiger partial charge in [0, 0.05) is 18.3 Å². The van der Waals surface area contributed by atoms with Crippen LogP contribution < -0.4 is 4.90 Å². The number of hydrogen-bond donors (Lipinski definition) is 0. The second-order valence-corrected chi connectivity index (χ2v) is 5.74. The monoisotopic (exact) mass is 257 g/mol. The standard InChI is InChI=1S/C16H19NO2/c1-11(18)16(12(2)19)10-13-6-3-4-7-14(13)17-9-5-8-15(16)17/h3-4,6-7,15H,5,8-10H2,1-2H3/t15-/m1/s1. The number of ketones is 2. The summed E-state index contributed by atoms with van der Waals surface area (Å²) < 4.78 is 0. The van der Waals surface area contributed by atoms with E-state index < -0.39 is 5.41 Å². The summed E-state index contributed by atoms with van der Waals surface area (Å²) in [5, 5.41) is 0. The largest absolute Gasteiger partial charge is 0.367 e. The first kappa shape index (κ1) is 12.4. The van der Waals surface area contributed by atoms with E-state index in [1.165, 1.54) is 5.69 Å². The van der Waals surface area contributed by atoms with Crippen molar-refractivity contribution in [2.45, 2.75) is 39.2 Å². The molecule has 0 saturated carbocycles. The molecule has 1 atom stereocenters. The number of rotatable bonds is 2. The molecule has 0 N–H and O–H groups in total. The lowest BCUT2D eigenvalue weighted by Gasteiger charge is -2.45. The first-order valence-electron chi connectivity index (χ1n) is 6.94. The average molecular weight is 257 g/mol. The first-order valence-corrected chi connectivity index (χ1v) is 6.94. The Morgan fingerprint density at radius 2 is 1.89 bits per heavy atom. The second kappa shape index (κ2) is 4.19. The van der Waals surface area contributed by atoms with E-state index >= 15 is 0 Å². The van der Waals surface area contributed by atoms with Crippen LogP contribution in [-0.4, -0.2) is 24.2 Å². The number of hydrogen-bond acceptors (Lipinski definition) is 3. The highest BCUT2D eigenvalue weighted by Gasteiger charge is 2.54. The number of carbonyl (C=O) groups is 2. The van der Waals surface area contributed by atoms with E-state index in [0.29, 0.717) is 6.42 Å². The Balaban J connectivity index is 2.19. The minimum atomic E-state index is -0.829. The molecule has 0 unspecified atom stereocenters. The van der Waals surface area contributed by atoms with Gasteiger partial charge in [-0.3, -0.25) is 9.59 Å². The van der Waals surface area contributed by atoms with Crippen LogP contribution in [0.4, 0.5) is 5.69 Å². The number of nitrogens with zero attached hydrogens (tertiary/aromatic N) is 1. The molecule has 0 radical (unpaired) electrons. The molecule has 0 amide bonds. The molecule has 3 rings (SSSR count). The van der Waals surface area contributed by atoms with Crippen LogP contribution in [0.25, 0.3) is 0 Å². The van der Waals surface area contributed by atoms with Crippen molar-refractivity contribution in [1.82, 2.24) is 0 Å². The lowest BCUT2D eigenvalue weighted by Crippen LogP contribution is -2.57. The van der Waals surface area contributed by atoms with E-state index in [9.17, 15) is 9.59 Å². The van der Waals surface area contributed by atoms with Gasteiger partial charge in [-0.05, 0) is 44.7 Å². The molecular formula is C16H19NO2. The van der Waals surface area contributed by atoms with Crippen molar-refractivity contribution in [1.29, 1.82) is 0 Å². The van der Waals surface area contributed by atoms with Crippen molar-refractivity contribution in [3.63, 3.8) is 0 Å². The number of Topliss-reactive ketones (excluding diaryl/α,β-unsaturated/α-hetero) is 2. The highest BCUT2D eigenvalue weighted by atomic mass is 16.2. The van der Waals surface area contributed by atoms with Crippen LogP contribution in [0.5, 0.6) is 0 Å². The summed E-state index contributed by atoms with van der Waals surface area (Å²) in [4.78, 5) is 26.8. The lowest BCUT2D eigenvalue weighted by atomic mass is 9.66. The van der Waals surface area contributed by atoms with Gasteiger partial charge in [-0.15, -0.1) is 0 Å². The van der Waals surface area contributed by atoms with Crippen LogP contribution in [-0.2, 0) is 16.0 Å². The zero-order valence-electron chi connectivity index (χ0n) is 11.5. The summed E-state index contributed by atoms with van der Waals surface area (Å²) in [7, 11) is 0. The van der Waals surface area contributed by atoms with Crippen molar-refractivity contribution in [2.75, 3.05) is 11.4 Å². The van der Waals surface area contributed by atoms with Gasteiger partial charge in [0.1, 0.15) is 17.0 Å². The van der Waals surface area contributed by atoms with Gasteiger partial charge in [0.05, 0.1) is 0 Å². The van der Waals surface area contributed by atoms with Crippen LogP contribution in [0, 0.1) is 5.41 Å². The Labute approximate surface area is 113 Å². The smallest absolute Gasteiger partial charge is 0.145 e. The van der Waals surface area contributed by atoms with Crippen LogP contribution >= 0.6 is 0 Å². The quantitative estimate of drug-likeness (QED) is 0.763. The van der Waals surface area contributed by atoms with E-state index in [1.807, 2.05) is 18.2 Å². The molecule has 0 spiro atoms. The fraction of sp³-hybridized carbons (Fsp3) is 0.500. The van der Waals surface area contributed by atoms with Crippen molar-refractivity contribution in [3.8, 4) is 0 Å². The molecule has 19 heavy (non-hydrogen) atoms. The third kappa shape index (κ3) is 1.57. The van der Waals surface area contributed by atoms with E-state index in [2.05, 4.69) is 11.0 Å². The third-order valence-corrected chi connectivity index (χ3v) is 4.85. The molecule has 1 saturated heterocycles. The summed E-state index contributed by atoms with van der Waals surface area (Å²) >= 11 is 0. The second-order valence-electron chi connectivity index (χ2n) is 5.74. The summed E-state index contributed by atoms with van der Waals surface area (Å²) in [6.07, 6.45) is 2.56. The SMILES string of the molecule is CC(=O)C1(C(C)=O)Cc2ccccc2N2CCC[C@@H]21. The number of fused-ring (bicyclic) bond motifs is 3. The molecule has 0 aromatic heterocycles. The van der Waals surface area contributed by atoms with Crippen LogP contribution in [0.3, 0.4) is 0 Å². The molecule has 2 aliphatic rings. The predicted octanol–water partition coefficient (Wildman–Crippen LogP) is 2.38. The summed E-state index contributed by atoms with van der Waals surface area (Å²) in [6, 6.07) is 8.23. The van der Waals surface area contributed by atoms with E-state index in [-0.39, 0.29) is 17.6 Å². The first-order chi connectivity index (χ1) is 9.07. The summed E-state index contributed by atoms with van der Waals surface area (Å²) in [5.74, 6) is 0.0396. The van der Waals surface area contributed by atoms with Crippen molar-refractivity contribution >= 4 is 17.3 Å². The van der Waals surface area contributed by atoms with Gasteiger partial charge in [-0.1, -0.05) is 18.2 Å². The zero-order valence-corrected chi connectivity index (χ0v) is 11.5. The predicted molar refractivity (Wildman–Crippen MR) is 74.3 cm³/mol. The highest BCUT2D eigenvalue weighted by Crippen LogP contribution is 2.46. The maximum absolute atomic E-state index is 12.3. The molecule has 0 bridgehead atoms. The zero-order chi connectivity index (χ0) is 13.6. The van der Waals surface area contributed by atoms with E-state index in [4.69, 9.17) is 0 Å².